The average molecular weight is 286 g/mol. The molecule has 4 nitrogen and oxygen atoms in total. The van der Waals surface area contributed by atoms with Gasteiger partial charge in [0.25, 0.3) is 10.0 Å². The Kier molecular flexibility index (Phi) is 3.44. The second kappa shape index (κ2) is 4.92. The highest BCUT2D eigenvalue weighted by molar-refractivity contribution is 7.91. The highest BCUT2D eigenvalue weighted by Gasteiger charge is 2.28. The van der Waals surface area contributed by atoms with Crippen molar-refractivity contribution in [3.8, 4) is 0 Å². The first-order valence-corrected chi connectivity index (χ1v) is 8.74. The first-order chi connectivity index (χ1) is 8.66. The van der Waals surface area contributed by atoms with Crippen LogP contribution in [-0.2, 0) is 16.6 Å². The van der Waals surface area contributed by atoms with E-state index in [2.05, 4.69) is 5.32 Å². The maximum Gasteiger partial charge on any atom is 0.252 e. The third-order valence-corrected chi connectivity index (χ3v) is 6.89. The third kappa shape index (κ3) is 2.61. The van der Waals surface area contributed by atoms with Crippen molar-refractivity contribution in [3.63, 3.8) is 0 Å². The Morgan fingerprint density at radius 2 is 2.00 bits per heavy atom. The largest absolute Gasteiger partial charge is 0.309 e. The Morgan fingerprint density at radius 1 is 1.28 bits per heavy atom. The zero-order chi connectivity index (χ0) is 12.6. The molecule has 18 heavy (non-hydrogen) atoms. The summed E-state index contributed by atoms with van der Waals surface area (Å²) in [6, 6.07) is 4.34. The smallest absolute Gasteiger partial charge is 0.252 e. The summed E-state index contributed by atoms with van der Waals surface area (Å²) in [6.07, 6.45) is 4.48. The Hall–Kier alpha value is -0.430. The number of hydrogen-bond donors (Lipinski definition) is 1. The van der Waals surface area contributed by atoms with E-state index in [0.29, 0.717) is 23.3 Å². The van der Waals surface area contributed by atoms with Crippen molar-refractivity contribution < 1.29 is 8.42 Å². The molecule has 0 spiro atoms. The maximum atomic E-state index is 12.3. The van der Waals surface area contributed by atoms with Crippen molar-refractivity contribution in [3.05, 3.63) is 17.0 Å². The molecule has 2 heterocycles. The van der Waals surface area contributed by atoms with E-state index in [1.54, 1.807) is 10.4 Å². The normalized spacial score (nSPS) is 21.6. The van der Waals surface area contributed by atoms with Crippen LogP contribution >= 0.6 is 11.3 Å². The molecule has 0 radical (unpaired) electrons. The van der Waals surface area contributed by atoms with Crippen LogP contribution in [0.3, 0.4) is 0 Å². The van der Waals surface area contributed by atoms with Gasteiger partial charge in [-0.2, -0.15) is 4.31 Å². The van der Waals surface area contributed by atoms with Crippen molar-refractivity contribution in [2.45, 2.75) is 42.5 Å². The molecular formula is C12H18N2O2S2. The third-order valence-electron chi connectivity index (χ3n) is 3.44. The molecule has 2 aliphatic rings. The SMILES string of the molecule is O=S(=O)(c1ccc(CNC2CC2)s1)N1CCCC1. The van der Waals surface area contributed by atoms with Crippen LogP contribution in [0, 0.1) is 0 Å². The van der Waals surface area contributed by atoms with Gasteiger partial charge < -0.3 is 5.32 Å². The quantitative estimate of drug-likeness (QED) is 0.897. The van der Waals surface area contributed by atoms with E-state index in [1.165, 1.54) is 24.2 Å². The summed E-state index contributed by atoms with van der Waals surface area (Å²) in [5.41, 5.74) is 0. The van der Waals surface area contributed by atoms with Crippen LogP contribution in [0.1, 0.15) is 30.6 Å². The molecule has 0 atom stereocenters. The Balaban J connectivity index is 1.70. The van der Waals surface area contributed by atoms with Gasteiger partial charge in [0.15, 0.2) is 0 Å². The van der Waals surface area contributed by atoms with Crippen molar-refractivity contribution in [2.24, 2.45) is 0 Å². The topological polar surface area (TPSA) is 49.4 Å². The number of nitrogens with zero attached hydrogens (tertiary/aromatic N) is 1. The molecule has 1 aliphatic carbocycles. The van der Waals surface area contributed by atoms with Gasteiger partial charge in [-0.25, -0.2) is 8.42 Å². The van der Waals surface area contributed by atoms with Crippen LogP contribution < -0.4 is 5.32 Å². The van der Waals surface area contributed by atoms with Gasteiger partial charge >= 0.3 is 0 Å². The van der Waals surface area contributed by atoms with E-state index in [-0.39, 0.29) is 0 Å². The second-order valence-electron chi connectivity index (χ2n) is 4.99. The molecule has 2 fully saturated rings. The van der Waals surface area contributed by atoms with Gasteiger partial charge in [-0.15, -0.1) is 11.3 Å². The predicted octanol–water partition coefficient (Wildman–Crippen LogP) is 1.78. The monoisotopic (exact) mass is 286 g/mol. The van der Waals surface area contributed by atoms with Crippen molar-refractivity contribution in [1.82, 2.24) is 9.62 Å². The van der Waals surface area contributed by atoms with E-state index in [9.17, 15) is 8.42 Å². The van der Waals surface area contributed by atoms with Crippen molar-refractivity contribution in [1.29, 1.82) is 0 Å². The molecule has 100 valence electrons. The second-order valence-corrected chi connectivity index (χ2v) is 8.32. The molecule has 0 unspecified atom stereocenters. The molecular weight excluding hydrogens is 268 g/mol. The van der Waals surface area contributed by atoms with Gasteiger partial charge in [0.05, 0.1) is 0 Å². The zero-order valence-corrected chi connectivity index (χ0v) is 11.9. The minimum Gasteiger partial charge on any atom is -0.309 e. The summed E-state index contributed by atoms with van der Waals surface area (Å²) in [7, 11) is -3.22. The number of rotatable bonds is 5. The molecule has 1 aromatic heterocycles. The molecule has 3 rings (SSSR count). The first-order valence-electron chi connectivity index (χ1n) is 6.48. The van der Waals surface area contributed by atoms with E-state index in [1.807, 2.05) is 6.07 Å². The van der Waals surface area contributed by atoms with Gasteiger partial charge in [0.1, 0.15) is 4.21 Å². The molecule has 1 saturated heterocycles. The highest BCUT2D eigenvalue weighted by atomic mass is 32.2. The Labute approximate surface area is 112 Å². The van der Waals surface area contributed by atoms with Crippen LogP contribution in [0.5, 0.6) is 0 Å². The van der Waals surface area contributed by atoms with Gasteiger partial charge in [-0.1, -0.05) is 0 Å². The molecule has 1 aliphatic heterocycles. The molecule has 0 aromatic carbocycles. The van der Waals surface area contributed by atoms with Gasteiger partial charge in [-0.05, 0) is 37.8 Å². The summed E-state index contributed by atoms with van der Waals surface area (Å²) in [5, 5.41) is 3.41. The fourth-order valence-electron chi connectivity index (χ4n) is 2.18. The fraction of sp³-hybridized carbons (Fsp3) is 0.667. The van der Waals surface area contributed by atoms with Gasteiger partial charge in [-0.3, -0.25) is 0 Å². The lowest BCUT2D eigenvalue weighted by atomic mass is 10.4. The van der Waals surface area contributed by atoms with Crippen molar-refractivity contribution in [2.75, 3.05) is 13.1 Å². The average Bonchev–Trinajstić information content (AvgIpc) is 2.87. The maximum absolute atomic E-state index is 12.3. The molecule has 0 amide bonds. The zero-order valence-electron chi connectivity index (χ0n) is 10.3. The summed E-state index contributed by atoms with van der Waals surface area (Å²) in [6.45, 7) is 2.15. The lowest BCUT2D eigenvalue weighted by molar-refractivity contribution is 0.479. The highest BCUT2D eigenvalue weighted by Crippen LogP contribution is 2.28. The van der Waals surface area contributed by atoms with E-state index < -0.39 is 10.0 Å². The van der Waals surface area contributed by atoms with Crippen molar-refractivity contribution >= 4 is 21.4 Å². The van der Waals surface area contributed by atoms with Gasteiger partial charge in [0.2, 0.25) is 0 Å². The van der Waals surface area contributed by atoms with E-state index in [4.69, 9.17) is 0 Å². The Bertz CT molecular complexity index is 514. The number of sulfonamides is 1. The van der Waals surface area contributed by atoms with Gasteiger partial charge in [0, 0.05) is 30.6 Å². The van der Waals surface area contributed by atoms with Crippen LogP contribution in [0.4, 0.5) is 0 Å². The Morgan fingerprint density at radius 3 is 2.67 bits per heavy atom. The molecule has 1 aromatic rings. The summed E-state index contributed by atoms with van der Waals surface area (Å²) in [4.78, 5) is 1.11. The van der Waals surface area contributed by atoms with Crippen LogP contribution in [0.25, 0.3) is 0 Å². The lowest BCUT2D eigenvalue weighted by Gasteiger charge is -2.13. The summed E-state index contributed by atoms with van der Waals surface area (Å²) >= 11 is 1.40. The minimum absolute atomic E-state index is 0.497. The van der Waals surface area contributed by atoms with E-state index >= 15 is 0 Å². The minimum atomic E-state index is -3.22. The molecule has 1 N–H and O–H groups in total. The lowest BCUT2D eigenvalue weighted by Crippen LogP contribution is -2.27. The van der Waals surface area contributed by atoms with Crippen LogP contribution in [0.15, 0.2) is 16.3 Å². The number of hydrogen-bond acceptors (Lipinski definition) is 4. The predicted molar refractivity (Wildman–Crippen MR) is 72.2 cm³/mol. The summed E-state index contributed by atoms with van der Waals surface area (Å²) < 4.78 is 26.7. The number of thiophene rings is 1. The van der Waals surface area contributed by atoms with E-state index in [0.717, 1.165) is 24.3 Å². The number of nitrogens with one attached hydrogen (secondary N) is 1. The van der Waals surface area contributed by atoms with Crippen LogP contribution in [0.2, 0.25) is 0 Å². The first kappa shape index (κ1) is 12.6. The molecule has 1 saturated carbocycles. The summed E-state index contributed by atoms with van der Waals surface area (Å²) in [5.74, 6) is 0. The molecule has 6 heteroatoms. The van der Waals surface area contributed by atoms with Crippen LogP contribution in [-0.4, -0.2) is 31.9 Å². The standard InChI is InChI=1S/C12H18N2O2S2/c15-18(16,14-7-1-2-8-14)12-6-5-11(17-12)9-13-10-3-4-10/h5-6,10,13H,1-4,7-9H2. The fourth-order valence-corrected chi connectivity index (χ4v) is 5.16. The molecule has 0 bridgehead atoms.